The van der Waals surface area contributed by atoms with Gasteiger partial charge >= 0.3 is 0 Å². The first-order valence-corrected chi connectivity index (χ1v) is 8.80. The van der Waals surface area contributed by atoms with Gasteiger partial charge in [0.1, 0.15) is 11.8 Å². The molecular formula is C17H25N5O4. The van der Waals surface area contributed by atoms with Crippen molar-refractivity contribution in [3.63, 3.8) is 0 Å². The molecule has 2 aromatic heterocycles. The molecule has 3 rings (SSSR count). The third-order valence-electron chi connectivity index (χ3n) is 4.39. The van der Waals surface area contributed by atoms with Crippen LogP contribution in [0, 0.1) is 6.92 Å². The Balaban J connectivity index is 1.74. The Labute approximate surface area is 151 Å². The molecule has 2 aromatic rings. The Morgan fingerprint density at radius 2 is 2.15 bits per heavy atom. The van der Waals surface area contributed by atoms with E-state index in [-0.39, 0.29) is 12.5 Å². The van der Waals surface area contributed by atoms with Gasteiger partial charge in [-0.15, -0.1) is 0 Å². The highest BCUT2D eigenvalue weighted by Crippen LogP contribution is 2.20. The van der Waals surface area contributed by atoms with Gasteiger partial charge in [0.05, 0.1) is 49.9 Å². The molecular weight excluding hydrogens is 338 g/mol. The zero-order chi connectivity index (χ0) is 18.7. The van der Waals surface area contributed by atoms with Crippen molar-refractivity contribution in [1.82, 2.24) is 24.5 Å². The van der Waals surface area contributed by atoms with Gasteiger partial charge in [-0.3, -0.25) is 14.2 Å². The monoisotopic (exact) mass is 363 g/mol. The largest absolute Gasteiger partial charge is 0.393 e. The van der Waals surface area contributed by atoms with Gasteiger partial charge in [-0.1, -0.05) is 0 Å². The van der Waals surface area contributed by atoms with Crippen LogP contribution in [0.3, 0.4) is 0 Å². The first-order chi connectivity index (χ1) is 12.5. The second kappa shape index (κ2) is 7.98. The molecule has 9 heteroatoms. The van der Waals surface area contributed by atoms with Crippen molar-refractivity contribution in [3.05, 3.63) is 34.9 Å². The van der Waals surface area contributed by atoms with E-state index in [1.54, 1.807) is 26.4 Å². The van der Waals surface area contributed by atoms with Crippen LogP contribution in [-0.2, 0) is 24.4 Å². The summed E-state index contributed by atoms with van der Waals surface area (Å²) in [4.78, 5) is 14.7. The molecule has 0 aliphatic carbocycles. The zero-order valence-corrected chi connectivity index (χ0v) is 15.1. The van der Waals surface area contributed by atoms with Crippen molar-refractivity contribution in [2.75, 3.05) is 26.4 Å². The number of carbonyl (C=O) groups excluding carboxylic acids is 1. The number of carbonyl (C=O) groups is 1. The van der Waals surface area contributed by atoms with Gasteiger partial charge < -0.3 is 19.8 Å². The standard InChI is InChI=1S/C17H25N5O4/c1-3-26-7-6-22-15(8-12(2)18-22)17(25)20-4-5-21-13(10-20)9-14(19-21)16(24)11-23/h8-9,16,23-24H,3-7,10-11H2,1-2H3/t16-/m0/s1. The van der Waals surface area contributed by atoms with Gasteiger partial charge in [-0.2, -0.15) is 10.2 Å². The molecule has 0 saturated heterocycles. The summed E-state index contributed by atoms with van der Waals surface area (Å²) in [7, 11) is 0. The van der Waals surface area contributed by atoms with E-state index in [1.807, 2.05) is 13.8 Å². The quantitative estimate of drug-likeness (QED) is 0.676. The number of hydrogen-bond donors (Lipinski definition) is 2. The number of rotatable bonds is 7. The van der Waals surface area contributed by atoms with Crippen LogP contribution in [0.25, 0.3) is 0 Å². The molecule has 0 unspecified atom stereocenters. The number of aromatic nitrogens is 4. The molecule has 1 atom stereocenters. The van der Waals surface area contributed by atoms with Crippen molar-refractivity contribution in [1.29, 1.82) is 0 Å². The average molecular weight is 363 g/mol. The third-order valence-corrected chi connectivity index (χ3v) is 4.39. The van der Waals surface area contributed by atoms with E-state index in [0.717, 1.165) is 11.4 Å². The number of aliphatic hydroxyl groups is 2. The minimum Gasteiger partial charge on any atom is -0.393 e. The first-order valence-electron chi connectivity index (χ1n) is 8.80. The van der Waals surface area contributed by atoms with Gasteiger partial charge in [-0.05, 0) is 26.0 Å². The second-order valence-electron chi connectivity index (χ2n) is 6.30. The molecule has 26 heavy (non-hydrogen) atoms. The fraction of sp³-hybridized carbons (Fsp3) is 0.588. The SMILES string of the molecule is CCOCCn1nc(C)cc1C(=O)N1CCn2nc([C@@H](O)CO)cc2C1. The van der Waals surface area contributed by atoms with Gasteiger partial charge in [0.25, 0.3) is 5.91 Å². The molecule has 0 aromatic carbocycles. The van der Waals surface area contributed by atoms with E-state index < -0.39 is 6.10 Å². The summed E-state index contributed by atoms with van der Waals surface area (Å²) in [5.41, 5.74) is 2.60. The highest BCUT2D eigenvalue weighted by Gasteiger charge is 2.26. The Kier molecular flexibility index (Phi) is 5.70. The van der Waals surface area contributed by atoms with Gasteiger partial charge in [0, 0.05) is 13.2 Å². The van der Waals surface area contributed by atoms with Crippen molar-refractivity contribution >= 4 is 5.91 Å². The lowest BCUT2D eigenvalue weighted by Gasteiger charge is -2.27. The second-order valence-corrected chi connectivity index (χ2v) is 6.30. The van der Waals surface area contributed by atoms with Gasteiger partial charge in [0.15, 0.2) is 0 Å². The summed E-state index contributed by atoms with van der Waals surface area (Å²) in [6.45, 7) is 6.55. The summed E-state index contributed by atoms with van der Waals surface area (Å²) < 4.78 is 8.84. The van der Waals surface area contributed by atoms with E-state index in [9.17, 15) is 9.90 Å². The van der Waals surface area contributed by atoms with Crippen LogP contribution in [0.2, 0.25) is 0 Å². The average Bonchev–Trinajstić information content (AvgIpc) is 3.23. The molecule has 0 saturated carbocycles. The summed E-state index contributed by atoms with van der Waals surface area (Å²) in [5, 5.41) is 27.5. The lowest BCUT2D eigenvalue weighted by molar-refractivity contribution is 0.0687. The molecule has 1 aliphatic rings. The van der Waals surface area contributed by atoms with E-state index in [2.05, 4.69) is 10.2 Å². The molecule has 0 fully saturated rings. The van der Waals surface area contributed by atoms with Crippen molar-refractivity contribution in [3.8, 4) is 0 Å². The predicted octanol–water partition coefficient (Wildman–Crippen LogP) is 0.106. The van der Waals surface area contributed by atoms with Crippen LogP contribution in [0.5, 0.6) is 0 Å². The smallest absolute Gasteiger partial charge is 0.272 e. The molecule has 0 spiro atoms. The van der Waals surface area contributed by atoms with Crippen molar-refractivity contribution in [2.45, 2.75) is 39.6 Å². The van der Waals surface area contributed by atoms with Gasteiger partial charge in [0.2, 0.25) is 0 Å². The molecule has 1 aliphatic heterocycles. The first kappa shape index (κ1) is 18.6. The number of nitrogens with zero attached hydrogens (tertiary/aromatic N) is 5. The normalized spacial score (nSPS) is 15.2. The summed E-state index contributed by atoms with van der Waals surface area (Å²) in [5.74, 6) is -0.0844. The lowest BCUT2D eigenvalue weighted by Crippen LogP contribution is -2.39. The summed E-state index contributed by atoms with van der Waals surface area (Å²) >= 11 is 0. The number of fused-ring (bicyclic) bond motifs is 1. The van der Waals surface area contributed by atoms with Crippen LogP contribution in [-0.4, -0.2) is 66.9 Å². The summed E-state index contributed by atoms with van der Waals surface area (Å²) in [6.07, 6.45) is -1.00. The summed E-state index contributed by atoms with van der Waals surface area (Å²) in [6, 6.07) is 3.53. The van der Waals surface area contributed by atoms with Gasteiger partial charge in [-0.25, -0.2) is 0 Å². The maximum Gasteiger partial charge on any atom is 0.272 e. The fourth-order valence-corrected chi connectivity index (χ4v) is 3.06. The molecule has 3 heterocycles. The third kappa shape index (κ3) is 3.79. The number of aryl methyl sites for hydroxylation is 1. The van der Waals surface area contributed by atoms with Crippen molar-refractivity contribution in [2.24, 2.45) is 0 Å². The Hall–Kier alpha value is -2.23. The fourth-order valence-electron chi connectivity index (χ4n) is 3.06. The van der Waals surface area contributed by atoms with E-state index in [1.165, 1.54) is 0 Å². The Morgan fingerprint density at radius 3 is 2.88 bits per heavy atom. The molecule has 0 radical (unpaired) electrons. The van der Waals surface area contributed by atoms with Crippen LogP contribution < -0.4 is 0 Å². The van der Waals surface area contributed by atoms with Crippen LogP contribution in [0.4, 0.5) is 0 Å². The topological polar surface area (TPSA) is 106 Å². The van der Waals surface area contributed by atoms with Crippen LogP contribution in [0.15, 0.2) is 12.1 Å². The minimum absolute atomic E-state index is 0.0844. The lowest BCUT2D eigenvalue weighted by atomic mass is 10.2. The number of ether oxygens (including phenoxy) is 1. The van der Waals surface area contributed by atoms with E-state index >= 15 is 0 Å². The Morgan fingerprint density at radius 1 is 1.35 bits per heavy atom. The molecule has 142 valence electrons. The predicted molar refractivity (Wildman–Crippen MR) is 92.5 cm³/mol. The number of amides is 1. The maximum atomic E-state index is 13.0. The van der Waals surface area contributed by atoms with E-state index in [0.29, 0.717) is 50.8 Å². The highest BCUT2D eigenvalue weighted by atomic mass is 16.5. The number of aliphatic hydroxyl groups excluding tert-OH is 2. The Bertz CT molecular complexity index is 769. The highest BCUT2D eigenvalue weighted by molar-refractivity contribution is 5.92. The number of hydrogen-bond acceptors (Lipinski definition) is 6. The van der Waals surface area contributed by atoms with E-state index in [4.69, 9.17) is 9.84 Å². The molecule has 2 N–H and O–H groups in total. The zero-order valence-electron chi connectivity index (χ0n) is 15.1. The van der Waals surface area contributed by atoms with Crippen molar-refractivity contribution < 1.29 is 19.7 Å². The molecule has 0 bridgehead atoms. The maximum absolute atomic E-state index is 13.0. The van der Waals surface area contributed by atoms with Crippen LogP contribution in [0.1, 0.15) is 40.6 Å². The molecule has 1 amide bonds. The van der Waals surface area contributed by atoms with Crippen LogP contribution >= 0.6 is 0 Å². The minimum atomic E-state index is -1.00. The molecule has 9 nitrogen and oxygen atoms in total.